The Hall–Kier alpha value is -4.39. The van der Waals surface area contributed by atoms with Crippen molar-refractivity contribution < 1.29 is 9.53 Å². The van der Waals surface area contributed by atoms with E-state index in [1.807, 2.05) is 60.7 Å². The van der Waals surface area contributed by atoms with Crippen LogP contribution in [0.4, 0.5) is 5.69 Å². The molecule has 2 aromatic heterocycles. The van der Waals surface area contributed by atoms with E-state index in [9.17, 15) is 4.79 Å². The Morgan fingerprint density at radius 3 is 2.40 bits per heavy atom. The van der Waals surface area contributed by atoms with E-state index in [0.29, 0.717) is 22.8 Å². The predicted molar refractivity (Wildman–Crippen MR) is 115 cm³/mol. The highest BCUT2D eigenvalue weighted by Gasteiger charge is 2.21. The molecule has 0 aliphatic carbocycles. The molecule has 30 heavy (non-hydrogen) atoms. The average Bonchev–Trinajstić information content (AvgIpc) is 3.15. The number of anilines is 1. The summed E-state index contributed by atoms with van der Waals surface area (Å²) in [6, 6.07) is 22.3. The van der Waals surface area contributed by atoms with E-state index in [-0.39, 0.29) is 5.56 Å². The summed E-state index contributed by atoms with van der Waals surface area (Å²) < 4.78 is 7.44. The van der Waals surface area contributed by atoms with Gasteiger partial charge in [0.2, 0.25) is 0 Å². The summed E-state index contributed by atoms with van der Waals surface area (Å²) in [5, 5.41) is 5.50. The Morgan fingerprint density at radius 2 is 1.67 bits per heavy atom. The molecule has 0 radical (unpaired) electrons. The van der Waals surface area contributed by atoms with Crippen molar-refractivity contribution in [1.82, 2.24) is 14.6 Å². The Balaban J connectivity index is 1.63. The van der Waals surface area contributed by atoms with Gasteiger partial charge in [-0.2, -0.15) is 5.10 Å². The number of hydrogen-bond acceptors (Lipinski definition) is 5. The van der Waals surface area contributed by atoms with Gasteiger partial charge in [-0.25, -0.2) is 9.50 Å². The molecule has 7 nitrogen and oxygen atoms in total. The quantitative estimate of drug-likeness (QED) is 0.447. The highest BCUT2D eigenvalue weighted by Crippen LogP contribution is 2.30. The van der Waals surface area contributed by atoms with Gasteiger partial charge in [-0.3, -0.25) is 4.79 Å². The second-order valence-electron chi connectivity index (χ2n) is 6.84. The van der Waals surface area contributed by atoms with Crippen LogP contribution >= 0.6 is 0 Å². The van der Waals surface area contributed by atoms with E-state index in [0.717, 1.165) is 22.2 Å². The fourth-order valence-corrected chi connectivity index (χ4v) is 3.41. The standard InChI is InChI=1S/C23H17N5O2/c24-16-9-6-15-13-26-23-20(22(25)29)21(27-28(23)19(15)12-16)14-7-10-18(11-8-14)30-17-4-2-1-3-5-17/h1-13H,24H2,(H2,25,29). The summed E-state index contributed by atoms with van der Waals surface area (Å²) in [5.41, 5.74) is 14.8. The molecule has 0 aliphatic rings. The predicted octanol–water partition coefficient (Wildman–Crippen LogP) is 4.02. The van der Waals surface area contributed by atoms with Crippen LogP contribution in [-0.2, 0) is 0 Å². The third kappa shape index (κ3) is 2.98. The molecule has 0 saturated carbocycles. The second-order valence-corrected chi connectivity index (χ2v) is 6.84. The smallest absolute Gasteiger partial charge is 0.254 e. The number of para-hydroxylation sites is 1. The number of ether oxygens (including phenoxy) is 1. The molecule has 3 aromatic carbocycles. The summed E-state index contributed by atoms with van der Waals surface area (Å²) in [7, 11) is 0. The third-order valence-electron chi connectivity index (χ3n) is 4.82. The zero-order valence-corrected chi connectivity index (χ0v) is 15.8. The van der Waals surface area contributed by atoms with Crippen LogP contribution < -0.4 is 16.2 Å². The van der Waals surface area contributed by atoms with Gasteiger partial charge < -0.3 is 16.2 Å². The molecular weight excluding hydrogens is 378 g/mol. The normalized spacial score (nSPS) is 11.1. The van der Waals surface area contributed by atoms with Gasteiger partial charge in [-0.05, 0) is 54.6 Å². The first kappa shape index (κ1) is 17.7. The molecule has 0 bridgehead atoms. The third-order valence-corrected chi connectivity index (χ3v) is 4.82. The first-order valence-electron chi connectivity index (χ1n) is 9.30. The van der Waals surface area contributed by atoms with Gasteiger partial charge >= 0.3 is 0 Å². The maximum atomic E-state index is 12.3. The number of primary amides is 1. The van der Waals surface area contributed by atoms with E-state index in [2.05, 4.69) is 10.1 Å². The maximum Gasteiger partial charge on any atom is 0.254 e. The van der Waals surface area contributed by atoms with Crippen LogP contribution in [0.2, 0.25) is 0 Å². The van der Waals surface area contributed by atoms with Crippen LogP contribution in [0.25, 0.3) is 27.8 Å². The maximum absolute atomic E-state index is 12.3. The molecule has 0 unspecified atom stereocenters. The number of carbonyl (C=O) groups excluding carboxylic acids is 1. The summed E-state index contributed by atoms with van der Waals surface area (Å²) >= 11 is 0. The minimum atomic E-state index is -0.597. The average molecular weight is 395 g/mol. The lowest BCUT2D eigenvalue weighted by molar-refractivity contribution is 0.100. The van der Waals surface area contributed by atoms with Crippen molar-refractivity contribution in [2.24, 2.45) is 5.73 Å². The van der Waals surface area contributed by atoms with Crippen LogP contribution in [0.1, 0.15) is 10.4 Å². The lowest BCUT2D eigenvalue weighted by Gasteiger charge is -2.06. The monoisotopic (exact) mass is 395 g/mol. The van der Waals surface area contributed by atoms with Crippen LogP contribution in [0.15, 0.2) is 79.0 Å². The van der Waals surface area contributed by atoms with Crippen molar-refractivity contribution in [3.8, 4) is 22.8 Å². The number of rotatable bonds is 4. The number of carbonyl (C=O) groups is 1. The van der Waals surface area contributed by atoms with Crippen molar-refractivity contribution in [3.05, 3.63) is 84.6 Å². The van der Waals surface area contributed by atoms with E-state index in [1.54, 1.807) is 22.8 Å². The fraction of sp³-hybridized carbons (Fsp3) is 0. The lowest BCUT2D eigenvalue weighted by Crippen LogP contribution is -2.12. The van der Waals surface area contributed by atoms with E-state index in [4.69, 9.17) is 16.2 Å². The van der Waals surface area contributed by atoms with Crippen LogP contribution in [-0.4, -0.2) is 20.5 Å². The molecule has 7 heteroatoms. The molecule has 4 N–H and O–H groups in total. The number of hydrogen-bond donors (Lipinski definition) is 2. The van der Waals surface area contributed by atoms with Crippen LogP contribution in [0.5, 0.6) is 11.5 Å². The molecule has 0 fully saturated rings. The zero-order chi connectivity index (χ0) is 20.7. The largest absolute Gasteiger partial charge is 0.457 e. The molecule has 5 aromatic rings. The Morgan fingerprint density at radius 1 is 0.933 bits per heavy atom. The topological polar surface area (TPSA) is 109 Å². The fourth-order valence-electron chi connectivity index (χ4n) is 3.41. The Kier molecular flexibility index (Phi) is 4.07. The van der Waals surface area contributed by atoms with Crippen LogP contribution in [0, 0.1) is 0 Å². The van der Waals surface area contributed by atoms with Gasteiger partial charge in [-0.1, -0.05) is 18.2 Å². The van der Waals surface area contributed by atoms with Gasteiger partial charge in [0.05, 0.1) is 5.52 Å². The molecule has 0 spiro atoms. The molecule has 0 atom stereocenters. The molecular formula is C23H17N5O2. The van der Waals surface area contributed by atoms with Crippen molar-refractivity contribution in [2.75, 3.05) is 5.73 Å². The van der Waals surface area contributed by atoms with Gasteiger partial charge in [0.1, 0.15) is 22.8 Å². The van der Waals surface area contributed by atoms with E-state index in [1.165, 1.54) is 0 Å². The van der Waals surface area contributed by atoms with Gasteiger partial charge in [0.15, 0.2) is 5.65 Å². The SMILES string of the molecule is NC(=O)c1c(-c2ccc(Oc3ccccc3)cc2)nn2c1ncc1ccc(N)cc12. The molecule has 0 saturated heterocycles. The van der Waals surface area contributed by atoms with Crippen molar-refractivity contribution in [2.45, 2.75) is 0 Å². The molecule has 5 rings (SSSR count). The van der Waals surface area contributed by atoms with Crippen molar-refractivity contribution in [3.63, 3.8) is 0 Å². The number of nitrogens with two attached hydrogens (primary N) is 2. The van der Waals surface area contributed by atoms with Crippen molar-refractivity contribution >= 4 is 28.1 Å². The first-order chi connectivity index (χ1) is 14.6. The van der Waals surface area contributed by atoms with Gasteiger partial charge in [0, 0.05) is 22.8 Å². The van der Waals surface area contributed by atoms with Crippen LogP contribution in [0.3, 0.4) is 0 Å². The molecule has 1 amide bonds. The van der Waals surface area contributed by atoms with Gasteiger partial charge in [-0.15, -0.1) is 0 Å². The highest BCUT2D eigenvalue weighted by molar-refractivity contribution is 6.05. The summed E-state index contributed by atoms with van der Waals surface area (Å²) in [4.78, 5) is 16.7. The second kappa shape index (κ2) is 6.89. The number of amides is 1. The molecule has 2 heterocycles. The summed E-state index contributed by atoms with van der Waals surface area (Å²) in [6.45, 7) is 0. The number of fused-ring (bicyclic) bond motifs is 3. The minimum absolute atomic E-state index is 0.260. The molecule has 0 aliphatic heterocycles. The number of nitrogen functional groups attached to an aromatic ring is 1. The van der Waals surface area contributed by atoms with Crippen molar-refractivity contribution in [1.29, 1.82) is 0 Å². The minimum Gasteiger partial charge on any atom is -0.457 e. The summed E-state index contributed by atoms with van der Waals surface area (Å²) in [6.07, 6.45) is 1.68. The number of nitrogens with zero attached hydrogens (tertiary/aromatic N) is 3. The first-order valence-corrected chi connectivity index (χ1v) is 9.30. The molecule has 146 valence electrons. The Labute approximate surface area is 171 Å². The van der Waals surface area contributed by atoms with Gasteiger partial charge in [0.25, 0.3) is 5.91 Å². The summed E-state index contributed by atoms with van der Waals surface area (Å²) in [5.74, 6) is 0.815. The van der Waals surface area contributed by atoms with E-state index >= 15 is 0 Å². The lowest BCUT2D eigenvalue weighted by atomic mass is 10.1. The Bertz CT molecular complexity index is 1390. The number of benzene rings is 3. The van der Waals surface area contributed by atoms with E-state index < -0.39 is 5.91 Å². The number of aromatic nitrogens is 3. The zero-order valence-electron chi connectivity index (χ0n) is 15.8. The highest BCUT2D eigenvalue weighted by atomic mass is 16.5.